The van der Waals surface area contributed by atoms with Crippen molar-refractivity contribution in [1.29, 1.82) is 0 Å². The van der Waals surface area contributed by atoms with Gasteiger partial charge >= 0.3 is 0 Å². The first-order valence-electron chi connectivity index (χ1n) is 9.65. The van der Waals surface area contributed by atoms with E-state index in [0.717, 1.165) is 30.4 Å². The fourth-order valence-electron chi connectivity index (χ4n) is 6.87. The van der Waals surface area contributed by atoms with Gasteiger partial charge in [-0.1, -0.05) is 31.6 Å². The van der Waals surface area contributed by atoms with E-state index >= 15 is 0 Å². The van der Waals surface area contributed by atoms with E-state index in [1.807, 2.05) is 12.2 Å². The van der Waals surface area contributed by atoms with Crippen LogP contribution in [0.15, 0.2) is 23.3 Å². The van der Waals surface area contributed by atoms with Gasteiger partial charge in [0.1, 0.15) is 0 Å². The fourth-order valence-corrected chi connectivity index (χ4v) is 6.87. The Morgan fingerprint density at radius 1 is 1.20 bits per heavy atom. The lowest BCUT2D eigenvalue weighted by molar-refractivity contribution is -0.142. The van der Waals surface area contributed by atoms with Crippen molar-refractivity contribution in [2.24, 2.45) is 28.6 Å². The third-order valence-corrected chi connectivity index (χ3v) is 8.00. The number of allylic oxidation sites excluding steroid dienone is 2. The second-order valence-corrected chi connectivity index (χ2v) is 9.30. The van der Waals surface area contributed by atoms with Gasteiger partial charge in [-0.2, -0.15) is 0 Å². The van der Waals surface area contributed by atoms with Gasteiger partial charge in [-0.3, -0.25) is 4.79 Å². The molecule has 0 bridgehead atoms. The molecular formula is C21H30O4. The molecule has 0 spiro atoms. The summed E-state index contributed by atoms with van der Waals surface area (Å²) in [7, 11) is 0. The molecule has 0 aromatic carbocycles. The third kappa shape index (κ3) is 2.27. The zero-order valence-electron chi connectivity index (χ0n) is 15.4. The summed E-state index contributed by atoms with van der Waals surface area (Å²) in [5.41, 5.74) is 1.44. The number of ketones is 1. The van der Waals surface area contributed by atoms with Crippen LogP contribution in [0.3, 0.4) is 0 Å². The predicted molar refractivity (Wildman–Crippen MR) is 94.6 cm³/mol. The number of Topliss-reactive ketones (excluding diaryl/α,β-unsaturated/α-hetero) is 1. The summed E-state index contributed by atoms with van der Waals surface area (Å²) in [6.45, 7) is 5.90. The Morgan fingerprint density at radius 3 is 2.60 bits per heavy atom. The number of hydrogen-bond acceptors (Lipinski definition) is 4. The van der Waals surface area contributed by atoms with Gasteiger partial charge in [0.15, 0.2) is 5.78 Å². The first kappa shape index (κ1) is 17.4. The highest BCUT2D eigenvalue weighted by Crippen LogP contribution is 2.64. The molecule has 4 aliphatic rings. The number of aliphatic hydroxyl groups is 3. The molecule has 0 aliphatic heterocycles. The van der Waals surface area contributed by atoms with Crippen LogP contribution in [-0.2, 0) is 4.79 Å². The zero-order chi connectivity index (χ0) is 18.1. The Bertz CT molecular complexity index is 665. The molecule has 4 rings (SSSR count). The second-order valence-electron chi connectivity index (χ2n) is 9.30. The average Bonchev–Trinajstić information content (AvgIpc) is 2.85. The monoisotopic (exact) mass is 346 g/mol. The van der Waals surface area contributed by atoms with E-state index in [1.165, 1.54) is 0 Å². The highest BCUT2D eigenvalue weighted by atomic mass is 16.3. The number of carbonyl (C=O) groups excluding carboxylic acids is 1. The minimum atomic E-state index is -0.614. The number of hydrogen-bond donors (Lipinski definition) is 3. The van der Waals surface area contributed by atoms with Crippen LogP contribution in [0.5, 0.6) is 0 Å². The first-order valence-corrected chi connectivity index (χ1v) is 9.65. The lowest BCUT2D eigenvalue weighted by Gasteiger charge is -2.60. The van der Waals surface area contributed by atoms with Crippen LogP contribution in [-0.4, -0.2) is 39.4 Å². The molecule has 0 radical (unpaired) electrons. The van der Waals surface area contributed by atoms with Gasteiger partial charge in [0.25, 0.3) is 0 Å². The number of fused-ring (bicyclic) bond motifs is 5. The van der Waals surface area contributed by atoms with Gasteiger partial charge < -0.3 is 15.3 Å². The van der Waals surface area contributed by atoms with Crippen LogP contribution < -0.4 is 0 Å². The predicted octanol–water partition coefficient (Wildman–Crippen LogP) is 2.38. The fraction of sp³-hybridized carbons (Fsp3) is 0.762. The summed E-state index contributed by atoms with van der Waals surface area (Å²) in [6.07, 6.45) is 6.09. The molecule has 0 aromatic heterocycles. The second kappa shape index (κ2) is 5.51. The number of rotatable bonds is 1. The van der Waals surface area contributed by atoms with Gasteiger partial charge in [-0.15, -0.1) is 0 Å². The lowest BCUT2D eigenvalue weighted by Crippen LogP contribution is -2.59. The molecule has 4 aliphatic carbocycles. The minimum Gasteiger partial charge on any atom is -0.393 e. The largest absolute Gasteiger partial charge is 0.393 e. The molecule has 3 N–H and O–H groups in total. The standard InChI is InChI=1S/C21H30O4/c1-11(22)14-4-5-15-18-16(24)9-12-8-13(23)6-7-20(12,2)19(18)17(25)10-21(14,15)3/h4,9,13,15-19,23-25H,5-8,10H2,1-3H3/t13-,15-,16-,17+,18+,19-,20-,21+/m0/s1. The maximum atomic E-state index is 12.1. The van der Waals surface area contributed by atoms with Gasteiger partial charge in [0.2, 0.25) is 0 Å². The Labute approximate surface area is 149 Å². The molecule has 4 heteroatoms. The smallest absolute Gasteiger partial charge is 0.156 e. The van der Waals surface area contributed by atoms with Crippen molar-refractivity contribution >= 4 is 5.78 Å². The number of carbonyl (C=O) groups is 1. The molecule has 2 fully saturated rings. The normalized spacial score (nSPS) is 51.8. The van der Waals surface area contributed by atoms with Crippen LogP contribution in [0.25, 0.3) is 0 Å². The maximum absolute atomic E-state index is 12.1. The summed E-state index contributed by atoms with van der Waals surface area (Å²) in [6, 6.07) is 0. The van der Waals surface area contributed by atoms with Crippen molar-refractivity contribution in [3.8, 4) is 0 Å². The molecule has 25 heavy (non-hydrogen) atoms. The van der Waals surface area contributed by atoms with Crippen molar-refractivity contribution in [2.75, 3.05) is 0 Å². The summed E-state index contributed by atoms with van der Waals surface area (Å²) >= 11 is 0. The number of aliphatic hydroxyl groups excluding tert-OH is 3. The van der Waals surface area contributed by atoms with Crippen molar-refractivity contribution in [3.05, 3.63) is 23.3 Å². The zero-order valence-corrected chi connectivity index (χ0v) is 15.4. The van der Waals surface area contributed by atoms with Crippen LogP contribution in [0.4, 0.5) is 0 Å². The van der Waals surface area contributed by atoms with E-state index in [2.05, 4.69) is 13.8 Å². The SMILES string of the molecule is CC(=O)C1=CC[C@H]2[C@H]3[C@H]([C@H](O)C[C@]12C)[C@@]1(C)CC[C@H](O)CC1=C[C@@H]3O. The van der Waals surface area contributed by atoms with E-state index in [9.17, 15) is 20.1 Å². The Morgan fingerprint density at radius 2 is 1.92 bits per heavy atom. The van der Waals surface area contributed by atoms with Crippen LogP contribution in [0.1, 0.15) is 52.9 Å². The quantitative estimate of drug-likeness (QED) is 0.637. The molecule has 138 valence electrons. The average molecular weight is 346 g/mol. The highest BCUT2D eigenvalue weighted by molar-refractivity contribution is 5.95. The Balaban J connectivity index is 1.77. The van der Waals surface area contributed by atoms with E-state index in [-0.39, 0.29) is 40.5 Å². The molecule has 0 heterocycles. The molecule has 0 aromatic rings. The van der Waals surface area contributed by atoms with Crippen LogP contribution in [0, 0.1) is 28.6 Å². The molecule has 0 unspecified atom stereocenters. The molecule has 8 atom stereocenters. The Kier molecular flexibility index (Phi) is 3.85. The van der Waals surface area contributed by atoms with E-state index in [0.29, 0.717) is 12.8 Å². The van der Waals surface area contributed by atoms with E-state index < -0.39 is 12.2 Å². The summed E-state index contributed by atoms with van der Waals surface area (Å²) in [5.74, 6) is 0.235. The van der Waals surface area contributed by atoms with Crippen molar-refractivity contribution in [3.63, 3.8) is 0 Å². The molecular weight excluding hydrogens is 316 g/mol. The Hall–Kier alpha value is -0.970. The van der Waals surface area contributed by atoms with E-state index in [1.54, 1.807) is 6.92 Å². The third-order valence-electron chi connectivity index (χ3n) is 8.00. The molecule has 4 nitrogen and oxygen atoms in total. The topological polar surface area (TPSA) is 77.8 Å². The van der Waals surface area contributed by atoms with Gasteiger partial charge in [-0.05, 0) is 67.8 Å². The first-order chi connectivity index (χ1) is 11.7. The van der Waals surface area contributed by atoms with Crippen molar-refractivity contribution in [1.82, 2.24) is 0 Å². The van der Waals surface area contributed by atoms with Crippen LogP contribution >= 0.6 is 0 Å². The molecule has 0 saturated heterocycles. The van der Waals surface area contributed by atoms with Gasteiger partial charge in [-0.25, -0.2) is 0 Å². The lowest BCUT2D eigenvalue weighted by atomic mass is 9.46. The van der Waals surface area contributed by atoms with Gasteiger partial charge in [0.05, 0.1) is 18.3 Å². The van der Waals surface area contributed by atoms with Crippen molar-refractivity contribution in [2.45, 2.75) is 71.2 Å². The van der Waals surface area contributed by atoms with Crippen molar-refractivity contribution < 1.29 is 20.1 Å². The van der Waals surface area contributed by atoms with E-state index in [4.69, 9.17) is 0 Å². The summed E-state index contributed by atoms with van der Waals surface area (Å²) in [5, 5.41) is 32.2. The summed E-state index contributed by atoms with van der Waals surface area (Å²) in [4.78, 5) is 12.1. The maximum Gasteiger partial charge on any atom is 0.156 e. The summed E-state index contributed by atoms with van der Waals surface area (Å²) < 4.78 is 0. The van der Waals surface area contributed by atoms with Gasteiger partial charge in [0, 0.05) is 5.41 Å². The van der Waals surface area contributed by atoms with Crippen LogP contribution in [0.2, 0.25) is 0 Å². The molecule has 0 amide bonds. The highest BCUT2D eigenvalue weighted by Gasteiger charge is 2.62. The minimum absolute atomic E-state index is 0.00668. The molecule has 2 saturated carbocycles.